The summed E-state index contributed by atoms with van der Waals surface area (Å²) in [5.74, 6) is -0.298. The molecule has 1 saturated carbocycles. The molecule has 1 N–H and O–H groups in total. The van der Waals surface area contributed by atoms with E-state index in [2.05, 4.69) is 26.7 Å². The Bertz CT molecular complexity index is 1420. The summed E-state index contributed by atoms with van der Waals surface area (Å²) in [6.07, 6.45) is 6.15. The summed E-state index contributed by atoms with van der Waals surface area (Å²) in [6.45, 7) is 8.03. The van der Waals surface area contributed by atoms with E-state index in [-0.39, 0.29) is 17.8 Å². The van der Waals surface area contributed by atoms with Gasteiger partial charge in [0.2, 0.25) is 15.9 Å². The predicted molar refractivity (Wildman–Crippen MR) is 149 cm³/mol. The molecule has 0 spiro atoms. The fourth-order valence-electron chi connectivity index (χ4n) is 5.36. The number of rotatable bonds is 8. The maximum Gasteiger partial charge on any atom is 0.283 e. The van der Waals surface area contributed by atoms with Crippen LogP contribution in [0.25, 0.3) is 22.2 Å². The lowest BCUT2D eigenvalue weighted by Gasteiger charge is -2.26. The molecule has 1 saturated heterocycles. The van der Waals surface area contributed by atoms with Gasteiger partial charge in [0.15, 0.2) is 5.65 Å². The van der Waals surface area contributed by atoms with Crippen LogP contribution in [0.1, 0.15) is 68.0 Å². The second kappa shape index (κ2) is 11.6. The molecule has 0 atom stereocenters. The highest BCUT2D eigenvalue weighted by molar-refractivity contribution is 7.89. The first-order valence-electron chi connectivity index (χ1n) is 13.7. The van der Waals surface area contributed by atoms with E-state index < -0.39 is 15.9 Å². The molecular formula is C28H37N5O5S. The second-order valence-corrected chi connectivity index (χ2v) is 12.5. The third-order valence-electron chi connectivity index (χ3n) is 7.18. The summed E-state index contributed by atoms with van der Waals surface area (Å²) in [5, 5.41) is 5.60. The molecule has 2 aromatic heterocycles. The number of benzene rings is 1. The van der Waals surface area contributed by atoms with Gasteiger partial charge >= 0.3 is 0 Å². The van der Waals surface area contributed by atoms with Gasteiger partial charge in [0.25, 0.3) is 5.91 Å². The summed E-state index contributed by atoms with van der Waals surface area (Å²) in [6, 6.07) is 10.00. The normalized spacial score (nSPS) is 17.5. The van der Waals surface area contributed by atoms with Crippen molar-refractivity contribution in [2.45, 2.75) is 64.6 Å². The van der Waals surface area contributed by atoms with Crippen LogP contribution >= 0.6 is 0 Å². The van der Waals surface area contributed by atoms with Crippen LogP contribution in [0.3, 0.4) is 0 Å². The Morgan fingerprint density at radius 1 is 1.13 bits per heavy atom. The maximum absolute atomic E-state index is 13.0. The lowest BCUT2D eigenvalue weighted by atomic mass is 9.95. The molecule has 11 heteroatoms. The standard InChI is InChI=1S/C28H37N5O5S/c1-19(2)38-28-25-23(21-11-9-20(10-12-21)18-32-13-15-37-16-14-32)17-24(27(34)31-39(3,35)36)29-26(25)33(30-28)22-7-5-4-6-8-22/h9-12,17,19,22H,4-8,13-16,18H2,1-3H3,(H,31,34). The van der Waals surface area contributed by atoms with Gasteiger partial charge in [0.1, 0.15) is 5.69 Å². The molecule has 210 valence electrons. The topological polar surface area (TPSA) is 116 Å². The van der Waals surface area contributed by atoms with Crippen LogP contribution in [0.4, 0.5) is 0 Å². The Hall–Kier alpha value is -3.02. The third-order valence-corrected chi connectivity index (χ3v) is 7.74. The number of ether oxygens (including phenoxy) is 2. The van der Waals surface area contributed by atoms with Gasteiger partial charge in [-0.1, -0.05) is 43.5 Å². The molecule has 2 fully saturated rings. The number of nitrogens with zero attached hydrogens (tertiary/aromatic N) is 4. The Morgan fingerprint density at radius 2 is 1.82 bits per heavy atom. The summed E-state index contributed by atoms with van der Waals surface area (Å²) < 4.78 is 39.3. The molecule has 3 heterocycles. The minimum Gasteiger partial charge on any atom is -0.473 e. The molecule has 1 aliphatic carbocycles. The van der Waals surface area contributed by atoms with E-state index >= 15 is 0 Å². The molecule has 3 aromatic rings. The Labute approximate surface area is 229 Å². The first-order chi connectivity index (χ1) is 18.7. The lowest BCUT2D eigenvalue weighted by Crippen LogP contribution is -2.35. The monoisotopic (exact) mass is 555 g/mol. The van der Waals surface area contributed by atoms with Gasteiger partial charge in [0.05, 0.1) is 37.0 Å². The van der Waals surface area contributed by atoms with Gasteiger partial charge in [-0.25, -0.2) is 22.8 Å². The number of carbonyl (C=O) groups excluding carboxylic acids is 1. The average Bonchev–Trinajstić information content (AvgIpc) is 3.26. The SMILES string of the molecule is CC(C)Oc1nn(C2CCCCC2)c2nc(C(=O)NS(C)(=O)=O)cc(-c3ccc(CN4CCOCC4)cc3)c12. The van der Waals surface area contributed by atoms with Crippen LogP contribution in [-0.4, -0.2) is 72.7 Å². The van der Waals surface area contributed by atoms with Crippen LogP contribution in [0, 0.1) is 0 Å². The van der Waals surface area contributed by atoms with Crippen LogP contribution < -0.4 is 9.46 Å². The molecule has 39 heavy (non-hydrogen) atoms. The lowest BCUT2D eigenvalue weighted by molar-refractivity contribution is 0.0342. The number of sulfonamides is 1. The van der Waals surface area contributed by atoms with E-state index in [4.69, 9.17) is 14.6 Å². The van der Waals surface area contributed by atoms with Crippen molar-refractivity contribution in [1.82, 2.24) is 24.4 Å². The zero-order valence-electron chi connectivity index (χ0n) is 22.9. The number of hydrogen-bond donors (Lipinski definition) is 1. The zero-order valence-corrected chi connectivity index (χ0v) is 23.7. The molecule has 0 unspecified atom stereocenters. The number of aromatic nitrogens is 3. The van der Waals surface area contributed by atoms with Crippen LogP contribution in [0.2, 0.25) is 0 Å². The minimum atomic E-state index is -3.76. The molecule has 1 aromatic carbocycles. The van der Waals surface area contributed by atoms with Crippen molar-refractivity contribution in [3.63, 3.8) is 0 Å². The third kappa shape index (κ3) is 6.59. The number of nitrogens with one attached hydrogen (secondary N) is 1. The summed E-state index contributed by atoms with van der Waals surface area (Å²) in [4.78, 5) is 20.0. The first-order valence-corrected chi connectivity index (χ1v) is 15.6. The largest absolute Gasteiger partial charge is 0.473 e. The number of fused-ring (bicyclic) bond motifs is 1. The van der Waals surface area contributed by atoms with Crippen molar-refractivity contribution < 1.29 is 22.7 Å². The smallest absolute Gasteiger partial charge is 0.283 e. The molecule has 1 amide bonds. The van der Waals surface area contributed by atoms with E-state index in [1.165, 1.54) is 12.0 Å². The van der Waals surface area contributed by atoms with Crippen LogP contribution in [-0.2, 0) is 21.3 Å². The van der Waals surface area contributed by atoms with Gasteiger partial charge in [-0.2, -0.15) is 0 Å². The zero-order chi connectivity index (χ0) is 27.6. The predicted octanol–water partition coefficient (Wildman–Crippen LogP) is 3.91. The highest BCUT2D eigenvalue weighted by Gasteiger charge is 2.27. The highest BCUT2D eigenvalue weighted by Crippen LogP contribution is 2.39. The number of carbonyl (C=O) groups is 1. The molecule has 10 nitrogen and oxygen atoms in total. The van der Waals surface area contributed by atoms with Crippen molar-refractivity contribution in [2.24, 2.45) is 0 Å². The number of pyridine rings is 1. The Morgan fingerprint density at radius 3 is 2.46 bits per heavy atom. The van der Waals surface area contributed by atoms with E-state index in [1.54, 1.807) is 6.07 Å². The van der Waals surface area contributed by atoms with Crippen molar-refractivity contribution >= 4 is 27.0 Å². The van der Waals surface area contributed by atoms with E-state index in [0.717, 1.165) is 81.3 Å². The van der Waals surface area contributed by atoms with Gasteiger partial charge < -0.3 is 9.47 Å². The first kappa shape index (κ1) is 27.5. The molecule has 1 aliphatic heterocycles. The second-order valence-electron chi connectivity index (χ2n) is 10.8. The molecule has 5 rings (SSSR count). The van der Waals surface area contributed by atoms with Gasteiger partial charge in [-0.3, -0.25) is 9.69 Å². The number of amides is 1. The molecule has 2 aliphatic rings. The van der Waals surface area contributed by atoms with E-state index in [0.29, 0.717) is 11.5 Å². The summed E-state index contributed by atoms with van der Waals surface area (Å²) in [5.41, 5.74) is 3.34. The number of morpholine rings is 1. The molecule has 0 radical (unpaired) electrons. The fourth-order valence-corrected chi connectivity index (χ4v) is 5.80. The molecule has 0 bridgehead atoms. The summed E-state index contributed by atoms with van der Waals surface area (Å²) >= 11 is 0. The van der Waals surface area contributed by atoms with E-state index in [9.17, 15) is 13.2 Å². The van der Waals surface area contributed by atoms with Crippen LogP contribution in [0.5, 0.6) is 5.88 Å². The van der Waals surface area contributed by atoms with Crippen molar-refractivity contribution in [3.8, 4) is 17.0 Å². The summed E-state index contributed by atoms with van der Waals surface area (Å²) in [7, 11) is -3.76. The maximum atomic E-state index is 13.0. The minimum absolute atomic E-state index is 0.0216. The van der Waals surface area contributed by atoms with Gasteiger partial charge in [-0.05, 0) is 43.9 Å². The number of hydrogen-bond acceptors (Lipinski definition) is 8. The van der Waals surface area contributed by atoms with Crippen molar-refractivity contribution in [3.05, 3.63) is 41.6 Å². The van der Waals surface area contributed by atoms with Gasteiger partial charge in [-0.15, -0.1) is 5.10 Å². The highest BCUT2D eigenvalue weighted by atomic mass is 32.2. The quantitative estimate of drug-likeness (QED) is 0.445. The Kier molecular flexibility index (Phi) is 8.20. The van der Waals surface area contributed by atoms with Crippen molar-refractivity contribution in [2.75, 3.05) is 32.6 Å². The van der Waals surface area contributed by atoms with Crippen molar-refractivity contribution in [1.29, 1.82) is 0 Å². The fraction of sp³-hybridized carbons (Fsp3) is 0.536. The Balaban J connectivity index is 1.62. The van der Waals surface area contributed by atoms with Crippen LogP contribution in [0.15, 0.2) is 30.3 Å². The molecular weight excluding hydrogens is 518 g/mol. The van der Waals surface area contributed by atoms with E-state index in [1.807, 2.05) is 30.7 Å². The van der Waals surface area contributed by atoms with Gasteiger partial charge in [0, 0.05) is 25.2 Å². The average molecular weight is 556 g/mol.